The van der Waals surface area contributed by atoms with Crippen LogP contribution >= 0.6 is 0 Å². The summed E-state index contributed by atoms with van der Waals surface area (Å²) in [4.78, 5) is 12.9. The van der Waals surface area contributed by atoms with Gasteiger partial charge in [-0.1, -0.05) is 12.1 Å². The first-order valence-electron chi connectivity index (χ1n) is 5.79. The Hall–Kier alpha value is -1.51. The Bertz CT molecular complexity index is 328. The fraction of sp³-hybridized carbons (Fsp3) is 0.462. The van der Waals surface area contributed by atoms with Gasteiger partial charge in [0.05, 0.1) is 0 Å². The number of benzene rings is 1. The van der Waals surface area contributed by atoms with Crippen molar-refractivity contribution in [2.24, 2.45) is 5.73 Å². The summed E-state index contributed by atoms with van der Waals surface area (Å²) in [6.45, 7) is 6.31. The third-order valence-electron chi connectivity index (χ3n) is 2.73. The van der Waals surface area contributed by atoms with E-state index in [1.807, 2.05) is 0 Å². The minimum atomic E-state index is -0.243. The summed E-state index contributed by atoms with van der Waals surface area (Å²) in [5.41, 5.74) is 7.51. The number of carbonyl (C=O) groups excluding carboxylic acids is 1. The largest absolute Gasteiger partial charge is 0.372 e. The van der Waals surface area contributed by atoms with Crippen molar-refractivity contribution in [2.45, 2.75) is 26.7 Å². The summed E-state index contributed by atoms with van der Waals surface area (Å²) < 4.78 is 0. The van der Waals surface area contributed by atoms with Gasteiger partial charge in [-0.25, -0.2) is 0 Å². The van der Waals surface area contributed by atoms with Gasteiger partial charge in [0.1, 0.15) is 0 Å². The van der Waals surface area contributed by atoms with Crippen LogP contribution in [0.5, 0.6) is 0 Å². The van der Waals surface area contributed by atoms with Gasteiger partial charge in [-0.3, -0.25) is 4.79 Å². The maximum atomic E-state index is 10.7. The van der Waals surface area contributed by atoms with Crippen molar-refractivity contribution in [3.05, 3.63) is 29.8 Å². The van der Waals surface area contributed by atoms with Gasteiger partial charge >= 0.3 is 0 Å². The molecule has 0 aliphatic rings. The molecular formula is C13H20N2O. The molecule has 2 N–H and O–H groups in total. The second-order valence-corrected chi connectivity index (χ2v) is 3.81. The van der Waals surface area contributed by atoms with Crippen LogP contribution in [0.15, 0.2) is 24.3 Å². The summed E-state index contributed by atoms with van der Waals surface area (Å²) in [5, 5.41) is 0. The van der Waals surface area contributed by atoms with E-state index in [1.54, 1.807) is 0 Å². The first kappa shape index (κ1) is 12.6. The van der Waals surface area contributed by atoms with E-state index in [2.05, 4.69) is 43.0 Å². The van der Waals surface area contributed by atoms with Gasteiger partial charge in [-0.15, -0.1) is 0 Å². The van der Waals surface area contributed by atoms with Crippen molar-refractivity contribution in [1.82, 2.24) is 0 Å². The Morgan fingerprint density at radius 3 is 2.19 bits per heavy atom. The molecule has 0 heterocycles. The van der Waals surface area contributed by atoms with Crippen molar-refractivity contribution < 1.29 is 4.79 Å². The average molecular weight is 220 g/mol. The van der Waals surface area contributed by atoms with Crippen molar-refractivity contribution in [3.8, 4) is 0 Å². The summed E-state index contributed by atoms with van der Waals surface area (Å²) >= 11 is 0. The highest BCUT2D eigenvalue weighted by molar-refractivity contribution is 5.74. The highest BCUT2D eigenvalue weighted by Crippen LogP contribution is 2.15. The molecule has 16 heavy (non-hydrogen) atoms. The SMILES string of the molecule is CCN(CC)c1ccc(CCC(N)=O)cc1. The van der Waals surface area contributed by atoms with Crippen LogP contribution in [0, 0.1) is 0 Å². The van der Waals surface area contributed by atoms with Crippen LogP contribution in [0.2, 0.25) is 0 Å². The quantitative estimate of drug-likeness (QED) is 0.796. The highest BCUT2D eigenvalue weighted by atomic mass is 16.1. The first-order chi connectivity index (χ1) is 7.67. The van der Waals surface area contributed by atoms with Crippen LogP contribution in [-0.4, -0.2) is 19.0 Å². The van der Waals surface area contributed by atoms with Gasteiger partial charge in [0.2, 0.25) is 5.91 Å². The molecule has 0 unspecified atom stereocenters. The molecular weight excluding hydrogens is 200 g/mol. The zero-order valence-corrected chi connectivity index (χ0v) is 10.1. The first-order valence-corrected chi connectivity index (χ1v) is 5.79. The van der Waals surface area contributed by atoms with E-state index < -0.39 is 0 Å². The van der Waals surface area contributed by atoms with E-state index in [9.17, 15) is 4.79 Å². The van der Waals surface area contributed by atoms with Crippen LogP contribution in [0.3, 0.4) is 0 Å². The molecule has 0 spiro atoms. The number of hydrogen-bond acceptors (Lipinski definition) is 2. The summed E-state index contributed by atoms with van der Waals surface area (Å²) in [5.74, 6) is -0.243. The average Bonchev–Trinajstić information content (AvgIpc) is 2.29. The predicted octanol–water partition coefficient (Wildman–Crippen LogP) is 1.95. The lowest BCUT2D eigenvalue weighted by Crippen LogP contribution is -2.21. The molecule has 1 amide bonds. The predicted molar refractivity (Wildman–Crippen MR) is 67.5 cm³/mol. The molecule has 0 aliphatic carbocycles. The monoisotopic (exact) mass is 220 g/mol. The van der Waals surface area contributed by atoms with E-state index in [4.69, 9.17) is 5.73 Å². The van der Waals surface area contributed by atoms with Crippen LogP contribution < -0.4 is 10.6 Å². The zero-order valence-electron chi connectivity index (χ0n) is 10.1. The fourth-order valence-corrected chi connectivity index (χ4v) is 1.73. The van der Waals surface area contributed by atoms with Gasteiger partial charge in [-0.05, 0) is 38.0 Å². The van der Waals surface area contributed by atoms with Gasteiger partial charge in [-0.2, -0.15) is 0 Å². The maximum Gasteiger partial charge on any atom is 0.217 e. The molecule has 0 aromatic heterocycles. The Morgan fingerprint density at radius 1 is 1.19 bits per heavy atom. The molecule has 0 fully saturated rings. The van der Waals surface area contributed by atoms with E-state index in [1.165, 1.54) is 5.69 Å². The lowest BCUT2D eigenvalue weighted by Gasteiger charge is -2.21. The standard InChI is InChI=1S/C13H20N2O/c1-3-15(4-2)12-8-5-11(6-9-12)7-10-13(14)16/h5-6,8-9H,3-4,7,10H2,1-2H3,(H2,14,16). The fourth-order valence-electron chi connectivity index (χ4n) is 1.73. The van der Waals surface area contributed by atoms with Gasteiger partial charge < -0.3 is 10.6 Å². The minimum Gasteiger partial charge on any atom is -0.372 e. The van der Waals surface area contributed by atoms with E-state index in [0.29, 0.717) is 6.42 Å². The van der Waals surface area contributed by atoms with Gasteiger partial charge in [0.15, 0.2) is 0 Å². The summed E-state index contributed by atoms with van der Waals surface area (Å²) in [6.07, 6.45) is 1.15. The molecule has 0 atom stereocenters. The van der Waals surface area contributed by atoms with Gasteiger partial charge in [0.25, 0.3) is 0 Å². The number of carbonyl (C=O) groups is 1. The van der Waals surface area contributed by atoms with Crippen LogP contribution in [0.25, 0.3) is 0 Å². The third-order valence-corrected chi connectivity index (χ3v) is 2.73. The van der Waals surface area contributed by atoms with Crippen molar-refractivity contribution in [1.29, 1.82) is 0 Å². The second kappa shape index (κ2) is 6.16. The molecule has 88 valence electrons. The Labute approximate surface area is 97.2 Å². The van der Waals surface area contributed by atoms with Crippen molar-refractivity contribution >= 4 is 11.6 Å². The molecule has 1 aromatic rings. The number of rotatable bonds is 6. The molecule has 3 heteroatoms. The molecule has 0 aliphatic heterocycles. The minimum absolute atomic E-state index is 0.243. The molecule has 0 bridgehead atoms. The Balaban J connectivity index is 2.63. The number of primary amides is 1. The highest BCUT2D eigenvalue weighted by Gasteiger charge is 2.02. The van der Waals surface area contributed by atoms with Crippen LogP contribution in [0.4, 0.5) is 5.69 Å². The molecule has 1 rings (SSSR count). The number of aryl methyl sites for hydroxylation is 1. The summed E-state index contributed by atoms with van der Waals surface area (Å²) in [6, 6.07) is 8.33. The number of anilines is 1. The lowest BCUT2D eigenvalue weighted by atomic mass is 10.1. The number of nitrogens with two attached hydrogens (primary N) is 1. The topological polar surface area (TPSA) is 46.3 Å². The van der Waals surface area contributed by atoms with Crippen molar-refractivity contribution in [2.75, 3.05) is 18.0 Å². The lowest BCUT2D eigenvalue weighted by molar-refractivity contribution is -0.117. The number of amides is 1. The van der Waals surface area contributed by atoms with E-state index in [-0.39, 0.29) is 5.91 Å². The van der Waals surface area contributed by atoms with Gasteiger partial charge in [0, 0.05) is 25.2 Å². The Kier molecular flexibility index (Phi) is 4.83. The van der Waals surface area contributed by atoms with Crippen LogP contribution in [-0.2, 0) is 11.2 Å². The number of nitrogens with zero attached hydrogens (tertiary/aromatic N) is 1. The zero-order chi connectivity index (χ0) is 12.0. The normalized spacial score (nSPS) is 10.1. The number of hydrogen-bond donors (Lipinski definition) is 1. The smallest absolute Gasteiger partial charge is 0.217 e. The maximum absolute atomic E-state index is 10.7. The molecule has 3 nitrogen and oxygen atoms in total. The van der Waals surface area contributed by atoms with Crippen LogP contribution in [0.1, 0.15) is 25.8 Å². The summed E-state index contributed by atoms with van der Waals surface area (Å²) in [7, 11) is 0. The Morgan fingerprint density at radius 2 is 1.75 bits per heavy atom. The molecule has 0 saturated heterocycles. The van der Waals surface area contributed by atoms with E-state index >= 15 is 0 Å². The molecule has 1 aromatic carbocycles. The van der Waals surface area contributed by atoms with Crippen molar-refractivity contribution in [3.63, 3.8) is 0 Å². The molecule has 0 radical (unpaired) electrons. The molecule has 0 saturated carbocycles. The van der Waals surface area contributed by atoms with E-state index in [0.717, 1.165) is 25.1 Å². The third kappa shape index (κ3) is 3.57. The second-order valence-electron chi connectivity index (χ2n) is 3.81.